The molecule has 2 rings (SSSR count). The molecule has 0 radical (unpaired) electrons. The Labute approximate surface area is 98.5 Å². The van der Waals surface area contributed by atoms with Gasteiger partial charge in [0.05, 0.1) is 17.3 Å². The lowest BCUT2D eigenvalue weighted by atomic mass is 10.2. The fourth-order valence-electron chi connectivity index (χ4n) is 1.47. The highest BCUT2D eigenvalue weighted by Gasteiger charge is 2.38. The zero-order valence-corrected chi connectivity index (χ0v) is 8.91. The van der Waals surface area contributed by atoms with E-state index in [4.69, 9.17) is 0 Å². The molecule has 0 spiro atoms. The van der Waals surface area contributed by atoms with Crippen LogP contribution in [0.3, 0.4) is 0 Å². The van der Waals surface area contributed by atoms with Crippen molar-refractivity contribution in [2.45, 2.75) is 12.6 Å². The van der Waals surface area contributed by atoms with Crippen molar-refractivity contribution >= 4 is 16.7 Å². The largest absolute Gasteiger partial charge is 0.450 e. The van der Waals surface area contributed by atoms with Crippen LogP contribution in [0.5, 0.6) is 0 Å². The number of rotatable bonds is 2. The number of benzene rings is 1. The van der Waals surface area contributed by atoms with Crippen LogP contribution in [-0.2, 0) is 11.2 Å². The Morgan fingerprint density at radius 1 is 1.28 bits per heavy atom. The fraction of sp³-hybridized carbons (Fsp3) is 0.182. The van der Waals surface area contributed by atoms with Gasteiger partial charge in [0, 0.05) is 0 Å². The first-order chi connectivity index (χ1) is 8.38. The van der Waals surface area contributed by atoms with Crippen LogP contribution in [0.2, 0.25) is 0 Å². The van der Waals surface area contributed by atoms with Crippen molar-refractivity contribution in [1.29, 1.82) is 0 Å². The normalized spacial score (nSPS) is 11.7. The summed E-state index contributed by atoms with van der Waals surface area (Å²) in [6.07, 6.45) is -5.90. The van der Waals surface area contributed by atoms with Crippen LogP contribution >= 0.6 is 0 Å². The Morgan fingerprint density at radius 2 is 1.94 bits per heavy atom. The molecule has 0 aliphatic heterocycles. The average Bonchev–Trinajstić information content (AvgIpc) is 2.27. The summed E-state index contributed by atoms with van der Waals surface area (Å²) in [7, 11) is 0. The van der Waals surface area contributed by atoms with Gasteiger partial charge >= 0.3 is 6.18 Å². The molecule has 1 aromatic carbocycles. The van der Waals surface area contributed by atoms with Crippen molar-refractivity contribution in [3.05, 3.63) is 40.4 Å². The molecule has 0 aliphatic carbocycles. The summed E-state index contributed by atoms with van der Waals surface area (Å²) in [6.45, 7) is 0. The van der Waals surface area contributed by atoms with Crippen molar-refractivity contribution < 1.29 is 18.0 Å². The van der Waals surface area contributed by atoms with E-state index < -0.39 is 23.9 Å². The third kappa shape index (κ3) is 2.39. The van der Waals surface area contributed by atoms with Crippen molar-refractivity contribution in [1.82, 2.24) is 9.97 Å². The van der Waals surface area contributed by atoms with Gasteiger partial charge in [0.25, 0.3) is 5.56 Å². The van der Waals surface area contributed by atoms with E-state index in [0.717, 1.165) is 0 Å². The number of para-hydroxylation sites is 1. The van der Waals surface area contributed by atoms with Gasteiger partial charge in [-0.05, 0) is 12.1 Å². The number of hydrogen-bond donors (Lipinski definition) is 1. The van der Waals surface area contributed by atoms with Crippen molar-refractivity contribution in [3.8, 4) is 0 Å². The van der Waals surface area contributed by atoms with Gasteiger partial charge in [0.15, 0.2) is 0 Å². The summed E-state index contributed by atoms with van der Waals surface area (Å²) in [6, 6.07) is 6.20. The molecule has 2 aromatic rings. The third-order valence-electron chi connectivity index (χ3n) is 2.31. The van der Waals surface area contributed by atoms with Gasteiger partial charge in [-0.25, -0.2) is 4.98 Å². The van der Waals surface area contributed by atoms with E-state index in [-0.39, 0.29) is 16.7 Å². The number of H-pyrrole nitrogens is 1. The van der Waals surface area contributed by atoms with Crippen molar-refractivity contribution in [2.75, 3.05) is 0 Å². The minimum atomic E-state index is -4.93. The topological polar surface area (TPSA) is 62.8 Å². The molecule has 1 aromatic heterocycles. The lowest BCUT2D eigenvalue weighted by molar-refractivity contribution is -0.170. The maximum absolute atomic E-state index is 12.1. The van der Waals surface area contributed by atoms with Gasteiger partial charge in [-0.2, -0.15) is 13.2 Å². The van der Waals surface area contributed by atoms with Crippen LogP contribution in [0.25, 0.3) is 10.9 Å². The first kappa shape index (κ1) is 12.3. The first-order valence-corrected chi connectivity index (χ1v) is 4.96. The second kappa shape index (κ2) is 4.25. The second-order valence-corrected chi connectivity index (χ2v) is 3.63. The number of alkyl halides is 3. The number of carbonyl (C=O) groups excluding carboxylic acids is 1. The highest BCUT2D eigenvalue weighted by Crippen LogP contribution is 2.17. The summed E-state index contributed by atoms with van der Waals surface area (Å²) in [5.41, 5.74) is -0.309. The van der Waals surface area contributed by atoms with E-state index in [1.54, 1.807) is 12.1 Å². The van der Waals surface area contributed by atoms with E-state index in [1.807, 2.05) is 0 Å². The summed E-state index contributed by atoms with van der Waals surface area (Å²) in [5, 5.41) is 0.265. The smallest absolute Gasteiger partial charge is 0.310 e. The Balaban J connectivity index is 2.42. The molecule has 0 aliphatic rings. The average molecular weight is 256 g/mol. The fourth-order valence-corrected chi connectivity index (χ4v) is 1.47. The molecule has 0 unspecified atom stereocenters. The van der Waals surface area contributed by atoms with Crippen LogP contribution in [0.15, 0.2) is 29.1 Å². The highest BCUT2D eigenvalue weighted by molar-refractivity contribution is 5.86. The zero-order chi connectivity index (χ0) is 13.3. The number of halogens is 3. The lowest BCUT2D eigenvalue weighted by Gasteiger charge is -2.05. The number of ketones is 1. The van der Waals surface area contributed by atoms with Gasteiger partial charge < -0.3 is 4.98 Å². The molecule has 0 bridgehead atoms. The minimum absolute atomic E-state index is 0.256. The number of nitrogens with zero attached hydrogens (tertiary/aromatic N) is 1. The van der Waals surface area contributed by atoms with Gasteiger partial charge in [-0.15, -0.1) is 0 Å². The summed E-state index contributed by atoms with van der Waals surface area (Å²) >= 11 is 0. The van der Waals surface area contributed by atoms with Gasteiger partial charge in [-0.1, -0.05) is 12.1 Å². The number of aromatic nitrogens is 2. The summed E-state index contributed by atoms with van der Waals surface area (Å²) in [5.74, 6) is -2.23. The van der Waals surface area contributed by atoms with E-state index in [2.05, 4.69) is 9.97 Å². The molecule has 0 saturated carbocycles. The van der Waals surface area contributed by atoms with Crippen LogP contribution in [0.1, 0.15) is 5.82 Å². The maximum atomic E-state index is 12.1. The predicted octanol–water partition coefficient (Wildman–Crippen LogP) is 1.60. The van der Waals surface area contributed by atoms with Gasteiger partial charge in [0.2, 0.25) is 5.78 Å². The van der Waals surface area contributed by atoms with Crippen molar-refractivity contribution in [3.63, 3.8) is 0 Å². The molecule has 1 N–H and O–H groups in total. The Kier molecular flexibility index (Phi) is 2.90. The highest BCUT2D eigenvalue weighted by atomic mass is 19.4. The number of carbonyl (C=O) groups is 1. The maximum Gasteiger partial charge on any atom is 0.450 e. The lowest BCUT2D eigenvalue weighted by Crippen LogP contribution is -2.26. The molecule has 0 atom stereocenters. The minimum Gasteiger partial charge on any atom is -0.310 e. The Hall–Kier alpha value is -2.18. The molecule has 0 fully saturated rings. The monoisotopic (exact) mass is 256 g/mol. The molecular weight excluding hydrogens is 249 g/mol. The molecule has 18 heavy (non-hydrogen) atoms. The van der Waals surface area contributed by atoms with Crippen LogP contribution in [-0.4, -0.2) is 21.9 Å². The number of fused-ring (bicyclic) bond motifs is 1. The molecular formula is C11H7F3N2O2. The van der Waals surface area contributed by atoms with Crippen molar-refractivity contribution in [2.24, 2.45) is 0 Å². The van der Waals surface area contributed by atoms with Gasteiger partial charge in [0.1, 0.15) is 5.82 Å². The Morgan fingerprint density at radius 3 is 2.61 bits per heavy atom. The molecule has 7 heteroatoms. The van der Waals surface area contributed by atoms with E-state index in [9.17, 15) is 22.8 Å². The zero-order valence-electron chi connectivity index (χ0n) is 8.91. The first-order valence-electron chi connectivity index (χ1n) is 4.96. The number of aromatic amines is 1. The van der Waals surface area contributed by atoms with Crippen LogP contribution in [0, 0.1) is 0 Å². The van der Waals surface area contributed by atoms with E-state index >= 15 is 0 Å². The summed E-state index contributed by atoms with van der Waals surface area (Å²) in [4.78, 5) is 28.3. The third-order valence-corrected chi connectivity index (χ3v) is 2.31. The van der Waals surface area contributed by atoms with Crippen LogP contribution in [0.4, 0.5) is 13.2 Å². The standard InChI is InChI=1S/C11H7F3N2O2/c12-11(13,14)8(17)5-9-15-7-4-2-1-3-6(7)10(18)16-9/h1-4H,5H2,(H,15,16,18). The molecule has 1 heterocycles. The number of hydrogen-bond acceptors (Lipinski definition) is 3. The summed E-state index contributed by atoms with van der Waals surface area (Å²) < 4.78 is 36.2. The molecule has 0 saturated heterocycles. The van der Waals surface area contributed by atoms with E-state index in [0.29, 0.717) is 0 Å². The quantitative estimate of drug-likeness (QED) is 0.887. The second-order valence-electron chi connectivity index (χ2n) is 3.63. The Bertz CT molecular complexity index is 661. The molecule has 4 nitrogen and oxygen atoms in total. The SMILES string of the molecule is O=C(Cc1nc2ccccc2c(=O)[nH]1)C(F)(F)F. The van der Waals surface area contributed by atoms with E-state index in [1.165, 1.54) is 12.1 Å². The number of Topliss-reactive ketones (excluding diaryl/α,β-unsaturated/α-hetero) is 1. The number of nitrogens with one attached hydrogen (secondary N) is 1. The predicted molar refractivity (Wildman–Crippen MR) is 57.1 cm³/mol. The molecule has 0 amide bonds. The van der Waals surface area contributed by atoms with Gasteiger partial charge in [-0.3, -0.25) is 9.59 Å². The molecule has 94 valence electrons. The van der Waals surface area contributed by atoms with Crippen LogP contribution < -0.4 is 5.56 Å².